The molecule has 0 radical (unpaired) electrons. The number of carbonyl (C=O) groups is 2. The smallest absolute Gasteiger partial charge is 0.343 e. The highest BCUT2D eigenvalue weighted by atomic mass is 32.2. The van der Waals surface area contributed by atoms with E-state index in [2.05, 4.69) is 4.99 Å². The van der Waals surface area contributed by atoms with Gasteiger partial charge >= 0.3 is 5.97 Å². The third kappa shape index (κ3) is 3.67. The number of ether oxygens (including phenoxy) is 1. The van der Waals surface area contributed by atoms with Crippen LogP contribution in [0.1, 0.15) is 15.9 Å². The highest BCUT2D eigenvalue weighted by Gasteiger charge is 2.19. The van der Waals surface area contributed by atoms with Crippen LogP contribution in [0.25, 0.3) is 6.08 Å². The molecule has 1 heterocycles. The number of rotatable bonds is 3. The minimum atomic E-state index is -0.417. The van der Waals surface area contributed by atoms with Crippen molar-refractivity contribution in [2.24, 2.45) is 10.7 Å². The fourth-order valence-electron chi connectivity index (χ4n) is 1.95. The molecule has 1 amide bonds. The Morgan fingerprint density at radius 3 is 2.39 bits per heavy atom. The molecule has 0 spiro atoms. The molecule has 0 fully saturated rings. The number of hydrogen-bond acceptors (Lipinski definition) is 5. The zero-order chi connectivity index (χ0) is 16.2. The third-order valence-electron chi connectivity index (χ3n) is 3.03. The highest BCUT2D eigenvalue weighted by molar-refractivity contribution is 8.18. The molecule has 2 aromatic carbocycles. The van der Waals surface area contributed by atoms with Gasteiger partial charge in [-0.1, -0.05) is 30.3 Å². The van der Waals surface area contributed by atoms with Gasteiger partial charge in [-0.15, -0.1) is 0 Å². The van der Waals surface area contributed by atoms with E-state index in [4.69, 9.17) is 10.5 Å². The van der Waals surface area contributed by atoms with E-state index in [0.717, 1.165) is 17.3 Å². The molecule has 0 aromatic heterocycles. The molecule has 23 heavy (non-hydrogen) atoms. The van der Waals surface area contributed by atoms with E-state index in [1.807, 2.05) is 6.07 Å². The number of amidine groups is 1. The summed E-state index contributed by atoms with van der Waals surface area (Å²) in [6.07, 6.45) is 1.69. The van der Waals surface area contributed by atoms with Crippen molar-refractivity contribution in [2.45, 2.75) is 0 Å². The summed E-state index contributed by atoms with van der Waals surface area (Å²) in [7, 11) is 0. The maximum absolute atomic E-state index is 11.9. The third-order valence-corrected chi connectivity index (χ3v) is 3.85. The van der Waals surface area contributed by atoms with E-state index in [9.17, 15) is 9.59 Å². The number of benzene rings is 2. The fourth-order valence-corrected chi connectivity index (χ4v) is 2.63. The van der Waals surface area contributed by atoms with Gasteiger partial charge in [0.15, 0.2) is 5.17 Å². The predicted molar refractivity (Wildman–Crippen MR) is 90.0 cm³/mol. The van der Waals surface area contributed by atoms with Crippen molar-refractivity contribution < 1.29 is 14.3 Å². The summed E-state index contributed by atoms with van der Waals surface area (Å²) >= 11 is 1.13. The van der Waals surface area contributed by atoms with Crippen molar-refractivity contribution in [3.63, 3.8) is 0 Å². The molecule has 0 aliphatic carbocycles. The molecule has 2 N–H and O–H groups in total. The topological polar surface area (TPSA) is 81.8 Å². The van der Waals surface area contributed by atoms with Gasteiger partial charge in [-0.2, -0.15) is 4.99 Å². The Labute approximate surface area is 136 Å². The Morgan fingerprint density at radius 2 is 1.78 bits per heavy atom. The van der Waals surface area contributed by atoms with E-state index < -0.39 is 5.97 Å². The summed E-state index contributed by atoms with van der Waals surface area (Å²) in [5.74, 6) is -0.325. The number of thioether (sulfide) groups is 1. The molecule has 0 bridgehead atoms. The molecule has 114 valence electrons. The van der Waals surface area contributed by atoms with Crippen LogP contribution >= 0.6 is 11.8 Å². The summed E-state index contributed by atoms with van der Waals surface area (Å²) in [6, 6.07) is 15.6. The minimum absolute atomic E-state index is 0.245. The molecule has 3 rings (SSSR count). The van der Waals surface area contributed by atoms with Crippen LogP contribution in [0.15, 0.2) is 64.5 Å². The first-order valence-corrected chi connectivity index (χ1v) is 7.59. The van der Waals surface area contributed by atoms with Crippen LogP contribution in [-0.4, -0.2) is 17.0 Å². The summed E-state index contributed by atoms with van der Waals surface area (Å²) in [4.78, 5) is 27.6. The first-order chi connectivity index (χ1) is 11.1. The summed E-state index contributed by atoms with van der Waals surface area (Å²) < 4.78 is 5.29. The standard InChI is InChI=1S/C17H12N2O3S/c18-17-19-15(20)14(23-17)10-11-6-8-13(9-7-11)22-16(21)12-4-2-1-3-5-12/h1-10H,(H2,18,19,20)/b14-10-. The SMILES string of the molecule is NC1=NC(=O)/C(=C/c2ccc(OC(=O)c3ccccc3)cc2)S1. The van der Waals surface area contributed by atoms with Crippen LogP contribution in [0.5, 0.6) is 5.75 Å². The van der Waals surface area contributed by atoms with Gasteiger partial charge in [0.2, 0.25) is 0 Å². The first-order valence-electron chi connectivity index (χ1n) is 6.77. The fraction of sp³-hybridized carbons (Fsp3) is 0. The van der Waals surface area contributed by atoms with Crippen LogP contribution in [0.4, 0.5) is 0 Å². The summed E-state index contributed by atoms with van der Waals surface area (Å²) in [6.45, 7) is 0. The van der Waals surface area contributed by atoms with Crippen LogP contribution in [-0.2, 0) is 4.79 Å². The number of hydrogen-bond donors (Lipinski definition) is 1. The van der Waals surface area contributed by atoms with E-state index in [-0.39, 0.29) is 11.1 Å². The van der Waals surface area contributed by atoms with E-state index in [1.165, 1.54) is 0 Å². The monoisotopic (exact) mass is 324 g/mol. The maximum atomic E-state index is 11.9. The van der Waals surface area contributed by atoms with Crippen molar-refractivity contribution in [1.29, 1.82) is 0 Å². The molecule has 0 unspecified atom stereocenters. The lowest BCUT2D eigenvalue weighted by atomic mass is 10.2. The normalized spacial score (nSPS) is 15.6. The van der Waals surface area contributed by atoms with Crippen molar-refractivity contribution in [2.75, 3.05) is 0 Å². The lowest BCUT2D eigenvalue weighted by molar-refractivity contribution is -0.113. The van der Waals surface area contributed by atoms with Gasteiger partial charge in [-0.05, 0) is 47.7 Å². The van der Waals surface area contributed by atoms with Gasteiger partial charge in [0.05, 0.1) is 10.5 Å². The predicted octanol–water partition coefficient (Wildman–Crippen LogP) is 2.83. The number of nitrogens with two attached hydrogens (primary N) is 1. The number of esters is 1. The molecule has 1 aliphatic rings. The number of aliphatic imine (C=N–C) groups is 1. The Kier molecular flexibility index (Phi) is 4.25. The molecule has 0 saturated carbocycles. The Morgan fingerprint density at radius 1 is 1.09 bits per heavy atom. The van der Waals surface area contributed by atoms with Gasteiger partial charge in [0.1, 0.15) is 5.75 Å². The Hall–Kier alpha value is -2.86. The average molecular weight is 324 g/mol. The lowest BCUT2D eigenvalue weighted by Gasteiger charge is -2.04. The minimum Gasteiger partial charge on any atom is -0.423 e. The zero-order valence-corrected chi connectivity index (χ0v) is 12.7. The van der Waals surface area contributed by atoms with Gasteiger partial charge in [-0.25, -0.2) is 4.79 Å². The molecule has 6 heteroatoms. The molecule has 0 atom stereocenters. The Bertz CT molecular complexity index is 811. The van der Waals surface area contributed by atoms with Crippen LogP contribution < -0.4 is 10.5 Å². The van der Waals surface area contributed by atoms with Crippen molar-refractivity contribution >= 4 is 34.9 Å². The molecular weight excluding hydrogens is 312 g/mol. The average Bonchev–Trinajstić information content (AvgIpc) is 2.87. The number of amides is 1. The van der Waals surface area contributed by atoms with Gasteiger partial charge < -0.3 is 10.5 Å². The van der Waals surface area contributed by atoms with Crippen LogP contribution in [0, 0.1) is 0 Å². The van der Waals surface area contributed by atoms with Crippen LogP contribution in [0.3, 0.4) is 0 Å². The van der Waals surface area contributed by atoms with E-state index >= 15 is 0 Å². The van der Waals surface area contributed by atoms with Crippen LogP contribution in [0.2, 0.25) is 0 Å². The second kappa shape index (κ2) is 6.50. The molecule has 0 saturated heterocycles. The summed E-state index contributed by atoms with van der Waals surface area (Å²) in [5, 5.41) is 0.245. The van der Waals surface area contributed by atoms with E-state index in [0.29, 0.717) is 16.2 Å². The van der Waals surface area contributed by atoms with Crippen molar-refractivity contribution in [1.82, 2.24) is 0 Å². The Balaban J connectivity index is 1.70. The number of carbonyl (C=O) groups excluding carboxylic acids is 2. The highest BCUT2D eigenvalue weighted by Crippen LogP contribution is 2.26. The number of nitrogens with zero attached hydrogens (tertiary/aromatic N) is 1. The maximum Gasteiger partial charge on any atom is 0.343 e. The largest absolute Gasteiger partial charge is 0.423 e. The molecular formula is C17H12N2O3S. The van der Waals surface area contributed by atoms with Crippen molar-refractivity contribution in [3.8, 4) is 5.75 Å². The first kappa shape index (κ1) is 15.1. The van der Waals surface area contributed by atoms with Gasteiger partial charge in [-0.3, -0.25) is 4.79 Å². The van der Waals surface area contributed by atoms with Crippen molar-refractivity contribution in [3.05, 3.63) is 70.6 Å². The second-order valence-corrected chi connectivity index (χ2v) is 5.75. The zero-order valence-electron chi connectivity index (χ0n) is 11.9. The molecule has 1 aliphatic heterocycles. The summed E-state index contributed by atoms with van der Waals surface area (Å²) in [5.41, 5.74) is 6.78. The molecule has 5 nitrogen and oxygen atoms in total. The second-order valence-electron chi connectivity index (χ2n) is 4.69. The van der Waals surface area contributed by atoms with E-state index in [1.54, 1.807) is 54.6 Å². The quantitative estimate of drug-likeness (QED) is 0.533. The van der Waals surface area contributed by atoms with Gasteiger partial charge in [0.25, 0.3) is 5.91 Å². The van der Waals surface area contributed by atoms with Gasteiger partial charge in [0, 0.05) is 0 Å². The molecule has 2 aromatic rings. The lowest BCUT2D eigenvalue weighted by Crippen LogP contribution is -2.07.